The molecule has 148 valence electrons. The van der Waals surface area contributed by atoms with Crippen molar-refractivity contribution in [1.82, 2.24) is 20.1 Å². The summed E-state index contributed by atoms with van der Waals surface area (Å²) < 4.78 is 2.21. The molecule has 1 heterocycles. The molecule has 2 aromatic carbocycles. The van der Waals surface area contributed by atoms with Gasteiger partial charge in [-0.05, 0) is 36.8 Å². The van der Waals surface area contributed by atoms with E-state index in [1.807, 2.05) is 36.4 Å². The minimum Gasteiger partial charge on any atom is -0.352 e. The van der Waals surface area contributed by atoms with Crippen LogP contribution in [0, 0.1) is 0 Å². The molecule has 6 heteroatoms. The summed E-state index contributed by atoms with van der Waals surface area (Å²) >= 11 is 1.51. The summed E-state index contributed by atoms with van der Waals surface area (Å²) in [6, 6.07) is 20.7. The van der Waals surface area contributed by atoms with E-state index in [4.69, 9.17) is 0 Å². The van der Waals surface area contributed by atoms with Gasteiger partial charge < -0.3 is 9.88 Å². The van der Waals surface area contributed by atoms with Crippen LogP contribution in [0.5, 0.6) is 0 Å². The molecular weight excluding hydrogens is 380 g/mol. The van der Waals surface area contributed by atoms with Crippen LogP contribution in [0.25, 0.3) is 0 Å². The molecule has 0 aliphatic heterocycles. The number of hydrogen-bond acceptors (Lipinski definition) is 4. The Hall–Kier alpha value is -2.60. The first-order valence-corrected chi connectivity index (χ1v) is 11.1. The summed E-state index contributed by atoms with van der Waals surface area (Å²) in [6.45, 7) is 0.730. The molecule has 0 unspecified atom stereocenters. The number of nitrogens with one attached hydrogen (secondary N) is 1. The van der Waals surface area contributed by atoms with E-state index in [-0.39, 0.29) is 11.2 Å². The predicted octanol–water partition coefficient (Wildman–Crippen LogP) is 4.32. The fourth-order valence-electron chi connectivity index (χ4n) is 3.46. The first-order valence-electron chi connectivity index (χ1n) is 10.3. The molecule has 0 bridgehead atoms. The fourth-order valence-corrected chi connectivity index (χ4v) is 4.51. The quantitative estimate of drug-likeness (QED) is 0.568. The lowest BCUT2D eigenvalue weighted by atomic mass is 10.1. The first kappa shape index (κ1) is 18.4. The Balaban J connectivity index is 1.45. The summed E-state index contributed by atoms with van der Waals surface area (Å²) in [7, 11) is 0. The Labute approximate surface area is 174 Å². The monoisotopic (exact) mass is 404 g/mol. The van der Waals surface area contributed by atoms with Crippen LogP contribution in [0.3, 0.4) is 0 Å². The van der Waals surface area contributed by atoms with Crippen molar-refractivity contribution in [1.29, 1.82) is 0 Å². The maximum Gasteiger partial charge on any atom is 0.238 e. The number of amides is 1. The van der Waals surface area contributed by atoms with Gasteiger partial charge in [-0.2, -0.15) is 0 Å². The minimum atomic E-state index is -0.331. The summed E-state index contributed by atoms with van der Waals surface area (Å²) in [6.07, 6.45) is 4.49. The molecule has 2 aliphatic carbocycles. The lowest BCUT2D eigenvalue weighted by molar-refractivity contribution is -0.120. The predicted molar refractivity (Wildman–Crippen MR) is 114 cm³/mol. The van der Waals surface area contributed by atoms with Gasteiger partial charge in [-0.25, -0.2) is 0 Å². The van der Waals surface area contributed by atoms with Gasteiger partial charge in [-0.15, -0.1) is 10.2 Å². The number of hydrogen-bond donors (Lipinski definition) is 1. The van der Waals surface area contributed by atoms with E-state index < -0.39 is 0 Å². The van der Waals surface area contributed by atoms with Crippen LogP contribution >= 0.6 is 11.8 Å². The van der Waals surface area contributed by atoms with Crippen molar-refractivity contribution in [2.24, 2.45) is 0 Å². The Morgan fingerprint density at radius 2 is 1.69 bits per heavy atom. The second kappa shape index (κ2) is 8.03. The van der Waals surface area contributed by atoms with Crippen LogP contribution in [-0.4, -0.2) is 26.7 Å². The average Bonchev–Trinajstić information content (AvgIpc) is 3.68. The van der Waals surface area contributed by atoms with Crippen molar-refractivity contribution in [3.05, 3.63) is 77.6 Å². The van der Waals surface area contributed by atoms with Gasteiger partial charge in [0.1, 0.15) is 11.1 Å². The van der Waals surface area contributed by atoms with Gasteiger partial charge in [0.05, 0.1) is 6.54 Å². The Morgan fingerprint density at radius 1 is 1.00 bits per heavy atom. The number of benzene rings is 2. The number of nitrogens with zero attached hydrogens (tertiary/aromatic N) is 3. The van der Waals surface area contributed by atoms with E-state index in [1.165, 1.54) is 30.2 Å². The van der Waals surface area contributed by atoms with E-state index in [1.54, 1.807) is 0 Å². The van der Waals surface area contributed by atoms with Gasteiger partial charge in [-0.1, -0.05) is 72.4 Å². The second-order valence-corrected chi connectivity index (χ2v) is 8.95. The van der Waals surface area contributed by atoms with E-state index in [2.05, 4.69) is 44.3 Å². The molecule has 2 aliphatic rings. The van der Waals surface area contributed by atoms with Crippen molar-refractivity contribution >= 4 is 17.7 Å². The lowest BCUT2D eigenvalue weighted by Crippen LogP contribution is -2.30. The molecule has 5 nitrogen and oxygen atoms in total. The Kier molecular flexibility index (Phi) is 5.10. The molecule has 1 N–H and O–H groups in total. The highest BCUT2D eigenvalue weighted by Gasteiger charge is 2.33. The zero-order chi connectivity index (χ0) is 19.6. The maximum atomic E-state index is 13.0. The highest BCUT2D eigenvalue weighted by atomic mass is 32.2. The van der Waals surface area contributed by atoms with Crippen LogP contribution in [-0.2, 0) is 11.3 Å². The fraction of sp³-hybridized carbons (Fsp3) is 0.348. The van der Waals surface area contributed by atoms with Gasteiger partial charge in [0.2, 0.25) is 5.91 Å². The third-order valence-corrected chi connectivity index (χ3v) is 6.59. The van der Waals surface area contributed by atoms with Crippen LogP contribution in [0.1, 0.15) is 53.8 Å². The highest BCUT2D eigenvalue weighted by Crippen LogP contribution is 2.42. The molecule has 1 amide bonds. The molecule has 0 saturated heterocycles. The first-order chi connectivity index (χ1) is 14.3. The van der Waals surface area contributed by atoms with Crippen LogP contribution in [0.2, 0.25) is 0 Å². The number of carbonyl (C=O) groups excluding carboxylic acids is 1. The Morgan fingerprint density at radius 3 is 2.34 bits per heavy atom. The SMILES string of the molecule is O=C(NC1CC1)[C@@H](Sc1nnc(C2CC2)n1Cc1ccccc1)c1ccccc1. The standard InChI is InChI=1S/C23H24N4OS/c28-22(24-19-13-14-19)20(17-9-5-2-6-10-17)29-23-26-25-21(18-11-12-18)27(23)15-16-7-3-1-4-8-16/h1-10,18-20H,11-15H2,(H,24,28)/t20-/m0/s1. The summed E-state index contributed by atoms with van der Waals surface area (Å²) in [4.78, 5) is 13.0. The average molecular weight is 405 g/mol. The molecule has 29 heavy (non-hydrogen) atoms. The molecule has 2 fully saturated rings. The second-order valence-electron chi connectivity index (χ2n) is 7.88. The maximum absolute atomic E-state index is 13.0. The molecular formula is C23H24N4OS. The van der Waals surface area contributed by atoms with E-state index in [0.717, 1.165) is 35.9 Å². The van der Waals surface area contributed by atoms with Crippen LogP contribution < -0.4 is 5.32 Å². The van der Waals surface area contributed by atoms with Crippen molar-refractivity contribution in [2.75, 3.05) is 0 Å². The topological polar surface area (TPSA) is 59.8 Å². The lowest BCUT2D eigenvalue weighted by Gasteiger charge is -2.17. The van der Waals surface area contributed by atoms with E-state index >= 15 is 0 Å². The van der Waals surface area contributed by atoms with E-state index in [0.29, 0.717) is 12.0 Å². The highest BCUT2D eigenvalue weighted by molar-refractivity contribution is 8.00. The van der Waals surface area contributed by atoms with Gasteiger partial charge in [0, 0.05) is 12.0 Å². The van der Waals surface area contributed by atoms with E-state index in [9.17, 15) is 4.79 Å². The summed E-state index contributed by atoms with van der Waals surface area (Å²) in [5.74, 6) is 1.60. The largest absolute Gasteiger partial charge is 0.352 e. The van der Waals surface area contributed by atoms with Gasteiger partial charge in [0.15, 0.2) is 5.16 Å². The summed E-state index contributed by atoms with van der Waals surface area (Å²) in [5.41, 5.74) is 2.22. The Bertz CT molecular complexity index is 981. The molecule has 0 radical (unpaired) electrons. The smallest absolute Gasteiger partial charge is 0.238 e. The van der Waals surface area contributed by atoms with Crippen molar-refractivity contribution in [3.63, 3.8) is 0 Å². The molecule has 3 aromatic rings. The zero-order valence-electron chi connectivity index (χ0n) is 16.2. The molecule has 2 saturated carbocycles. The number of thioether (sulfide) groups is 1. The normalized spacial score (nSPS) is 17.1. The zero-order valence-corrected chi connectivity index (χ0v) is 17.0. The summed E-state index contributed by atoms with van der Waals surface area (Å²) in [5, 5.41) is 12.7. The molecule has 5 rings (SSSR count). The molecule has 0 spiro atoms. The van der Waals surface area contributed by atoms with Crippen molar-refractivity contribution < 1.29 is 4.79 Å². The van der Waals surface area contributed by atoms with Gasteiger partial charge in [0.25, 0.3) is 0 Å². The minimum absolute atomic E-state index is 0.0610. The number of rotatable bonds is 8. The van der Waals surface area contributed by atoms with Crippen LogP contribution in [0.15, 0.2) is 65.8 Å². The van der Waals surface area contributed by atoms with Gasteiger partial charge >= 0.3 is 0 Å². The molecule has 1 aromatic heterocycles. The van der Waals surface area contributed by atoms with Crippen molar-refractivity contribution in [2.45, 2.75) is 54.6 Å². The number of aromatic nitrogens is 3. The van der Waals surface area contributed by atoms with Crippen molar-refractivity contribution in [3.8, 4) is 0 Å². The van der Waals surface area contributed by atoms with Gasteiger partial charge in [-0.3, -0.25) is 4.79 Å². The third-order valence-electron chi connectivity index (χ3n) is 5.36. The van der Waals surface area contributed by atoms with Crippen LogP contribution in [0.4, 0.5) is 0 Å². The third kappa shape index (κ3) is 4.37. The number of carbonyl (C=O) groups is 1. The molecule has 1 atom stereocenters.